The van der Waals surface area contributed by atoms with Crippen LogP contribution in [0.15, 0.2) is 84.9 Å². The molecule has 8 aliphatic heterocycles. The van der Waals surface area contributed by atoms with Crippen molar-refractivity contribution < 1.29 is 43.3 Å². The summed E-state index contributed by atoms with van der Waals surface area (Å²) in [5, 5.41) is 5.35. The normalized spacial score (nSPS) is 24.1. The van der Waals surface area contributed by atoms with Crippen molar-refractivity contribution in [1.29, 1.82) is 0 Å². The second kappa shape index (κ2) is 31.1. The molecule has 4 atom stereocenters. The monoisotopic (exact) mass is 1420 g/mol. The largest absolute Gasteiger partial charge is 0.366 e. The zero-order valence-corrected chi connectivity index (χ0v) is 63.1. The second-order valence-corrected chi connectivity index (χ2v) is 35.4. The molecule has 0 spiro atoms. The van der Waals surface area contributed by atoms with Crippen molar-refractivity contribution in [3.63, 3.8) is 0 Å². The van der Waals surface area contributed by atoms with Crippen LogP contribution in [0.25, 0.3) is 0 Å². The lowest BCUT2D eigenvalue weighted by Gasteiger charge is -2.40. The summed E-state index contributed by atoms with van der Waals surface area (Å²) in [6.07, 6.45) is 6.13. The molecule has 4 aromatic rings. The predicted molar refractivity (Wildman–Crippen MR) is 408 cm³/mol. The molecule has 2 N–H and O–H groups in total. The molecular formula is C78H118F2N12O6S2. The minimum Gasteiger partial charge on any atom is -0.366 e. The van der Waals surface area contributed by atoms with E-state index in [2.05, 4.69) is 112 Å². The van der Waals surface area contributed by atoms with Crippen molar-refractivity contribution in [1.82, 2.24) is 39.2 Å². The maximum atomic E-state index is 15.8. The smallest absolute Gasteiger partial charge is 0.322 e. The van der Waals surface area contributed by atoms with Crippen LogP contribution in [-0.2, 0) is 32.0 Å². The number of benzene rings is 4. The number of para-hydroxylation sites is 4. The molecule has 0 aromatic heterocycles. The lowest BCUT2D eigenvalue weighted by atomic mass is 9.91. The second-order valence-electron chi connectivity index (χ2n) is 32.2. The molecule has 100 heavy (non-hydrogen) atoms. The highest BCUT2D eigenvalue weighted by molar-refractivity contribution is 8.02. The number of likely N-dealkylation sites (tertiary alicyclic amines) is 2. The summed E-state index contributed by atoms with van der Waals surface area (Å²) >= 11 is 3.00. The number of carbonyl (C=O) groups excluding carboxylic acids is 6. The zero-order valence-electron chi connectivity index (χ0n) is 61.4. The number of nitrogens with zero attached hydrogens (tertiary/aromatic N) is 10. The fourth-order valence-corrected chi connectivity index (χ4v) is 18.9. The minimum atomic E-state index is -0.979. The first kappa shape index (κ1) is 74.6. The molecule has 0 unspecified atom stereocenters. The first-order valence-corrected chi connectivity index (χ1v) is 38.6. The van der Waals surface area contributed by atoms with E-state index < -0.39 is 20.2 Å². The van der Waals surface area contributed by atoms with Gasteiger partial charge in [-0.25, -0.2) is 18.4 Å². The molecule has 12 rings (SSSR count). The highest BCUT2D eigenvalue weighted by atomic mass is 32.2. The Morgan fingerprint density at radius 2 is 0.850 bits per heavy atom. The SMILES string of the molecule is CC(C)N1CCN(c2c(F)cccc2[C@@H]2S[C@@](C)(CC(=O)N3CCC(N4CCc5ccccc5NC4=O)CC3)C(=O)N2CCC(C)(C)C)CC1.CC(C)N1CCN(c2c(F)cccc2[C@@H]2S[C@](C)(CC(=O)N3CCC(N4CCc5ccccc5NC4=O)CC3)C(=O)N2CCC(C)(C)C)CC1.[HH].[HH].[HH].[HH]. The van der Waals surface area contributed by atoms with E-state index in [1.165, 1.54) is 35.7 Å². The number of hydrogen-bond donors (Lipinski definition) is 2. The van der Waals surface area contributed by atoms with Gasteiger partial charge in [0.25, 0.3) is 0 Å². The number of fused-ring (bicyclic) bond motifs is 2. The Kier molecular flexibility index (Phi) is 23.2. The van der Waals surface area contributed by atoms with Gasteiger partial charge >= 0.3 is 12.1 Å². The average Bonchev–Trinajstić information content (AvgIpc) is 1.60. The predicted octanol–water partition coefficient (Wildman–Crippen LogP) is 14.2. The number of hydrogen-bond acceptors (Lipinski definition) is 12. The van der Waals surface area contributed by atoms with Crippen LogP contribution in [-0.4, -0.2) is 213 Å². The van der Waals surface area contributed by atoms with E-state index in [-0.39, 0.29) is 88.8 Å². The van der Waals surface area contributed by atoms with E-state index in [9.17, 15) is 28.8 Å². The van der Waals surface area contributed by atoms with Crippen LogP contribution in [0.1, 0.15) is 173 Å². The van der Waals surface area contributed by atoms with Gasteiger partial charge in [-0.1, -0.05) is 102 Å². The van der Waals surface area contributed by atoms with Gasteiger partial charge in [-0.2, -0.15) is 0 Å². The van der Waals surface area contributed by atoms with E-state index in [1.54, 1.807) is 12.1 Å². The summed E-state index contributed by atoms with van der Waals surface area (Å²) in [5.74, 6) is -0.723. The number of nitrogens with one attached hydrogen (secondary N) is 2. The Balaban J connectivity index is 0.000000280. The molecule has 552 valence electrons. The van der Waals surface area contributed by atoms with Crippen molar-refractivity contribution in [3.8, 4) is 0 Å². The Bertz CT molecular complexity index is 3390. The van der Waals surface area contributed by atoms with Gasteiger partial charge in [0.15, 0.2) is 0 Å². The van der Waals surface area contributed by atoms with E-state index in [1.807, 2.05) is 91.8 Å². The Morgan fingerprint density at radius 1 is 0.500 bits per heavy atom. The molecule has 6 fully saturated rings. The maximum absolute atomic E-state index is 15.8. The van der Waals surface area contributed by atoms with Gasteiger partial charge in [-0.15, -0.1) is 23.5 Å². The Hall–Kier alpha value is -6.62. The van der Waals surface area contributed by atoms with Crippen LogP contribution < -0.4 is 20.4 Å². The summed E-state index contributed by atoms with van der Waals surface area (Å²) < 4.78 is 29.7. The number of piperidine rings is 2. The van der Waals surface area contributed by atoms with Crippen LogP contribution in [0.5, 0.6) is 0 Å². The Morgan fingerprint density at radius 3 is 1.19 bits per heavy atom. The number of piperazine rings is 2. The van der Waals surface area contributed by atoms with Crippen molar-refractivity contribution >= 4 is 82.0 Å². The van der Waals surface area contributed by atoms with E-state index in [0.717, 1.165) is 112 Å². The standard InChI is InChI=1S/2C39H55FN6O3S.4H2/c2*1-27(2)42-22-24-44(25-23-42)34-30(11-9-12-31(34)40)35-46(21-17-38(3,4)5)36(48)39(6,50-35)26-33(47)43-18-15-29(16-19-43)45-20-14-28-10-7-8-13-32(28)41-37(45)49;;;;/h2*7-13,27,29,35H,14-26H2,1-6H3,(H,41,49);4*1H/t35-,39+;35-,39-;;;;/m00..../s1. The van der Waals surface area contributed by atoms with Gasteiger partial charge in [0.2, 0.25) is 23.6 Å². The number of halogens is 2. The highest BCUT2D eigenvalue weighted by Crippen LogP contribution is 2.56. The number of urea groups is 2. The van der Waals surface area contributed by atoms with E-state index >= 15 is 8.78 Å². The summed E-state index contributed by atoms with van der Waals surface area (Å²) in [6, 6.07) is 27.2. The van der Waals surface area contributed by atoms with Crippen LogP contribution in [0.4, 0.5) is 41.1 Å². The third-order valence-corrected chi connectivity index (χ3v) is 25.1. The molecule has 8 amide bonds. The van der Waals surface area contributed by atoms with Gasteiger partial charge < -0.3 is 49.8 Å². The lowest BCUT2D eigenvalue weighted by Crippen LogP contribution is -2.51. The number of amides is 8. The third-order valence-electron chi connectivity index (χ3n) is 22.0. The van der Waals surface area contributed by atoms with Gasteiger partial charge in [-0.3, -0.25) is 29.0 Å². The fourth-order valence-electron chi connectivity index (χ4n) is 15.8. The fraction of sp³-hybridized carbons (Fsp3) is 0.615. The van der Waals surface area contributed by atoms with Crippen molar-refractivity contribution in [3.05, 3.63) is 119 Å². The molecule has 6 saturated heterocycles. The molecule has 8 heterocycles. The van der Waals surface area contributed by atoms with Crippen LogP contribution in [0.2, 0.25) is 0 Å². The molecule has 0 aliphatic carbocycles. The molecule has 18 nitrogen and oxygen atoms in total. The quantitative estimate of drug-likeness (QED) is 0.110. The van der Waals surface area contributed by atoms with Crippen LogP contribution >= 0.6 is 23.5 Å². The number of rotatable bonds is 16. The number of carbonyl (C=O) groups is 6. The maximum Gasteiger partial charge on any atom is 0.322 e. The highest BCUT2D eigenvalue weighted by Gasteiger charge is 2.54. The van der Waals surface area contributed by atoms with Gasteiger partial charge in [0, 0.05) is 157 Å². The molecule has 0 saturated carbocycles. The first-order chi connectivity index (χ1) is 47.5. The van der Waals surface area contributed by atoms with Crippen LogP contribution in [0, 0.1) is 22.5 Å². The van der Waals surface area contributed by atoms with Gasteiger partial charge in [-0.05, 0) is 139 Å². The van der Waals surface area contributed by atoms with Gasteiger partial charge in [0.1, 0.15) is 31.9 Å². The summed E-state index contributed by atoms with van der Waals surface area (Å²) in [5.41, 5.74) is 6.80. The molecular weight excluding hydrogens is 1300 g/mol. The molecule has 22 heteroatoms. The van der Waals surface area contributed by atoms with Crippen molar-refractivity contribution in [2.75, 3.05) is 125 Å². The van der Waals surface area contributed by atoms with Crippen molar-refractivity contribution in [2.24, 2.45) is 10.8 Å². The molecule has 8 aliphatic rings. The number of anilines is 4. The van der Waals surface area contributed by atoms with E-state index in [4.69, 9.17) is 0 Å². The Labute approximate surface area is 607 Å². The summed E-state index contributed by atoms with van der Waals surface area (Å²) in [4.78, 5) is 104. The third kappa shape index (κ3) is 17.0. The first-order valence-electron chi connectivity index (χ1n) is 36.9. The molecule has 0 bridgehead atoms. The number of thioether (sulfide) groups is 2. The zero-order chi connectivity index (χ0) is 71.6. The van der Waals surface area contributed by atoms with Crippen LogP contribution in [0.3, 0.4) is 0 Å². The van der Waals surface area contributed by atoms with Gasteiger partial charge in [0.05, 0.1) is 24.2 Å². The van der Waals surface area contributed by atoms with E-state index in [0.29, 0.717) is 101 Å². The minimum absolute atomic E-state index is 0. The van der Waals surface area contributed by atoms with Crippen molar-refractivity contribution in [2.45, 2.75) is 192 Å². The summed E-state index contributed by atoms with van der Waals surface area (Å²) in [6.45, 7) is 36.4. The average molecular weight is 1420 g/mol. The lowest BCUT2D eigenvalue weighted by molar-refractivity contribution is -0.139. The topological polar surface area (TPSA) is 159 Å². The molecule has 0 radical (unpaired) electrons. The molecule has 4 aromatic carbocycles. The summed E-state index contributed by atoms with van der Waals surface area (Å²) in [7, 11) is 0.